The molecule has 0 aliphatic heterocycles. The third-order valence-electron chi connectivity index (χ3n) is 3.82. The van der Waals surface area contributed by atoms with E-state index in [-0.39, 0.29) is 5.56 Å². The van der Waals surface area contributed by atoms with Gasteiger partial charge in [-0.25, -0.2) is 4.79 Å². The summed E-state index contributed by atoms with van der Waals surface area (Å²) in [5.41, 5.74) is 4.47. The number of carboxylic acids is 1. The molecule has 3 aromatic rings. The van der Waals surface area contributed by atoms with Gasteiger partial charge in [-0.3, -0.25) is 0 Å². The molecule has 0 atom stereocenters. The van der Waals surface area contributed by atoms with E-state index in [0.717, 1.165) is 16.7 Å². The molecule has 24 heavy (non-hydrogen) atoms. The fraction of sp³-hybridized carbons (Fsp3) is 0.0455. The highest BCUT2D eigenvalue weighted by Crippen LogP contribution is 2.30. The van der Waals surface area contributed by atoms with Gasteiger partial charge in [0.15, 0.2) is 0 Å². The third-order valence-corrected chi connectivity index (χ3v) is 3.82. The van der Waals surface area contributed by atoms with E-state index in [4.69, 9.17) is 0 Å². The van der Waals surface area contributed by atoms with E-state index in [1.54, 1.807) is 12.1 Å². The molecule has 2 heteroatoms. The van der Waals surface area contributed by atoms with E-state index in [2.05, 4.69) is 11.8 Å². The largest absolute Gasteiger partial charge is 0.478 e. The molecule has 0 fully saturated rings. The number of carbonyl (C=O) groups is 1. The van der Waals surface area contributed by atoms with E-state index >= 15 is 0 Å². The maximum Gasteiger partial charge on any atom is 0.336 e. The summed E-state index contributed by atoms with van der Waals surface area (Å²) in [7, 11) is 0. The molecule has 0 saturated heterocycles. The number of rotatable bonds is 2. The van der Waals surface area contributed by atoms with Gasteiger partial charge >= 0.3 is 5.97 Å². The second-order valence-corrected chi connectivity index (χ2v) is 5.46. The van der Waals surface area contributed by atoms with Gasteiger partial charge in [-0.05, 0) is 42.3 Å². The summed E-state index contributed by atoms with van der Waals surface area (Å²) in [6, 6.07) is 22.7. The van der Waals surface area contributed by atoms with Crippen molar-refractivity contribution < 1.29 is 9.90 Å². The van der Waals surface area contributed by atoms with Crippen molar-refractivity contribution in [1.29, 1.82) is 0 Å². The SMILES string of the molecule is Cc1ccccc1-c1c(C#Cc2ccccc2)cccc1C(=O)O. The van der Waals surface area contributed by atoms with Gasteiger partial charge in [0.2, 0.25) is 0 Å². The highest BCUT2D eigenvalue weighted by molar-refractivity contribution is 5.98. The highest BCUT2D eigenvalue weighted by atomic mass is 16.4. The molecule has 116 valence electrons. The summed E-state index contributed by atoms with van der Waals surface area (Å²) in [4.78, 5) is 11.7. The average molecular weight is 312 g/mol. The molecule has 0 spiro atoms. The molecule has 0 radical (unpaired) electrons. The Labute approximate surface area is 141 Å². The molecule has 2 nitrogen and oxygen atoms in total. The van der Waals surface area contributed by atoms with Crippen LogP contribution in [0, 0.1) is 18.8 Å². The standard InChI is InChI=1S/C22H16O2/c1-16-8-5-6-12-19(16)21-18(11-7-13-20(21)22(23)24)15-14-17-9-3-2-4-10-17/h2-13H,1H3,(H,23,24). The van der Waals surface area contributed by atoms with Gasteiger partial charge < -0.3 is 5.11 Å². The van der Waals surface area contributed by atoms with Crippen LogP contribution in [0.5, 0.6) is 0 Å². The monoisotopic (exact) mass is 312 g/mol. The second-order valence-electron chi connectivity index (χ2n) is 5.46. The van der Waals surface area contributed by atoms with Gasteiger partial charge in [0.1, 0.15) is 0 Å². The van der Waals surface area contributed by atoms with Crippen molar-refractivity contribution in [2.45, 2.75) is 6.92 Å². The van der Waals surface area contributed by atoms with Gasteiger partial charge in [0.05, 0.1) is 5.56 Å². The van der Waals surface area contributed by atoms with Crippen molar-refractivity contribution >= 4 is 5.97 Å². The third kappa shape index (κ3) is 3.21. The Hall–Kier alpha value is -3.31. The number of hydrogen-bond acceptors (Lipinski definition) is 1. The maximum absolute atomic E-state index is 11.7. The molecule has 0 heterocycles. The lowest BCUT2D eigenvalue weighted by Crippen LogP contribution is -2.02. The van der Waals surface area contributed by atoms with Gasteiger partial charge in [0.25, 0.3) is 0 Å². The van der Waals surface area contributed by atoms with Gasteiger partial charge in [-0.15, -0.1) is 0 Å². The molecular weight excluding hydrogens is 296 g/mol. The van der Waals surface area contributed by atoms with E-state index in [0.29, 0.717) is 11.1 Å². The van der Waals surface area contributed by atoms with Gasteiger partial charge in [0, 0.05) is 16.7 Å². The topological polar surface area (TPSA) is 37.3 Å². The molecule has 3 aromatic carbocycles. The molecule has 0 aliphatic carbocycles. The Morgan fingerprint density at radius 1 is 0.833 bits per heavy atom. The van der Waals surface area contributed by atoms with Crippen molar-refractivity contribution in [3.8, 4) is 23.0 Å². The van der Waals surface area contributed by atoms with Crippen LogP contribution in [-0.4, -0.2) is 11.1 Å². The number of benzene rings is 3. The Balaban J connectivity index is 2.21. The van der Waals surface area contributed by atoms with Crippen LogP contribution in [0.2, 0.25) is 0 Å². The summed E-state index contributed by atoms with van der Waals surface area (Å²) in [6.45, 7) is 1.97. The quantitative estimate of drug-likeness (QED) is 0.693. The minimum Gasteiger partial charge on any atom is -0.478 e. The van der Waals surface area contributed by atoms with Gasteiger partial charge in [-0.2, -0.15) is 0 Å². The average Bonchev–Trinajstić information content (AvgIpc) is 2.61. The lowest BCUT2D eigenvalue weighted by Gasteiger charge is -2.11. The summed E-state index contributed by atoms with van der Waals surface area (Å²) >= 11 is 0. The highest BCUT2D eigenvalue weighted by Gasteiger charge is 2.16. The van der Waals surface area contributed by atoms with E-state index < -0.39 is 5.97 Å². The van der Waals surface area contributed by atoms with Crippen LogP contribution in [0.3, 0.4) is 0 Å². The van der Waals surface area contributed by atoms with Crippen LogP contribution in [0.15, 0.2) is 72.8 Å². The molecule has 3 rings (SSSR count). The van der Waals surface area contributed by atoms with Crippen LogP contribution < -0.4 is 0 Å². The summed E-state index contributed by atoms with van der Waals surface area (Å²) in [6.07, 6.45) is 0. The minimum atomic E-state index is -0.948. The number of hydrogen-bond donors (Lipinski definition) is 1. The predicted molar refractivity (Wildman–Crippen MR) is 96.0 cm³/mol. The van der Waals surface area contributed by atoms with Crippen molar-refractivity contribution in [2.24, 2.45) is 0 Å². The Morgan fingerprint density at radius 2 is 1.54 bits per heavy atom. The fourth-order valence-corrected chi connectivity index (χ4v) is 2.64. The lowest BCUT2D eigenvalue weighted by atomic mass is 9.91. The van der Waals surface area contributed by atoms with Crippen molar-refractivity contribution in [2.75, 3.05) is 0 Å². The van der Waals surface area contributed by atoms with E-state index in [1.807, 2.05) is 67.6 Å². The first-order chi connectivity index (χ1) is 11.7. The number of aromatic carboxylic acids is 1. The molecule has 0 aliphatic rings. The van der Waals surface area contributed by atoms with Crippen LogP contribution in [0.1, 0.15) is 27.0 Å². The summed E-state index contributed by atoms with van der Waals surface area (Å²) in [5.74, 6) is 5.30. The zero-order valence-corrected chi connectivity index (χ0v) is 13.3. The van der Waals surface area contributed by atoms with Crippen LogP contribution in [0.4, 0.5) is 0 Å². The van der Waals surface area contributed by atoms with Gasteiger partial charge in [-0.1, -0.05) is 60.4 Å². The predicted octanol–water partition coefficient (Wildman–Crippen LogP) is 4.76. The van der Waals surface area contributed by atoms with E-state index in [1.165, 1.54) is 0 Å². The molecule has 0 amide bonds. The van der Waals surface area contributed by atoms with Crippen LogP contribution >= 0.6 is 0 Å². The first-order valence-corrected chi connectivity index (χ1v) is 7.66. The lowest BCUT2D eigenvalue weighted by molar-refractivity contribution is 0.0697. The molecule has 0 unspecified atom stereocenters. The first-order valence-electron chi connectivity index (χ1n) is 7.66. The first kappa shape index (κ1) is 15.6. The Bertz CT molecular complexity index is 944. The van der Waals surface area contributed by atoms with Crippen LogP contribution in [-0.2, 0) is 0 Å². The minimum absolute atomic E-state index is 0.268. The Morgan fingerprint density at radius 3 is 2.25 bits per heavy atom. The number of aryl methyl sites for hydroxylation is 1. The molecule has 1 N–H and O–H groups in total. The zero-order valence-electron chi connectivity index (χ0n) is 13.3. The van der Waals surface area contributed by atoms with Crippen molar-refractivity contribution in [1.82, 2.24) is 0 Å². The zero-order chi connectivity index (χ0) is 16.9. The normalized spacial score (nSPS) is 9.88. The molecular formula is C22H16O2. The summed E-state index contributed by atoms with van der Waals surface area (Å²) in [5, 5.41) is 9.58. The van der Waals surface area contributed by atoms with Crippen LogP contribution in [0.25, 0.3) is 11.1 Å². The molecule has 0 bridgehead atoms. The molecule has 0 saturated carbocycles. The summed E-state index contributed by atoms with van der Waals surface area (Å²) < 4.78 is 0. The van der Waals surface area contributed by atoms with Crippen molar-refractivity contribution in [3.63, 3.8) is 0 Å². The number of carboxylic acid groups (broad SMARTS) is 1. The molecule has 0 aromatic heterocycles. The Kier molecular flexibility index (Phi) is 4.45. The smallest absolute Gasteiger partial charge is 0.336 e. The maximum atomic E-state index is 11.7. The van der Waals surface area contributed by atoms with Crippen molar-refractivity contribution in [3.05, 3.63) is 95.1 Å². The fourth-order valence-electron chi connectivity index (χ4n) is 2.64. The van der Waals surface area contributed by atoms with E-state index in [9.17, 15) is 9.90 Å². The second kappa shape index (κ2) is 6.85.